The van der Waals surface area contributed by atoms with E-state index < -0.39 is 24.0 Å². The van der Waals surface area contributed by atoms with Crippen LogP contribution in [0.4, 0.5) is 0 Å². The lowest BCUT2D eigenvalue weighted by molar-refractivity contribution is -0.134. The molecule has 2 N–H and O–H groups in total. The van der Waals surface area contributed by atoms with Crippen molar-refractivity contribution in [1.82, 2.24) is 15.8 Å². The molecule has 7 nitrogen and oxygen atoms in total. The molecule has 1 aliphatic heterocycles. The predicted octanol–water partition coefficient (Wildman–Crippen LogP) is 1.07. The molecule has 3 rings (SSSR count). The number of nitrogens with one attached hydrogen (secondary N) is 2. The molecule has 0 fully saturated rings. The summed E-state index contributed by atoms with van der Waals surface area (Å²) >= 11 is 0. The normalized spacial score (nSPS) is 18.8. The topological polar surface area (TPSA) is 89.5 Å². The average Bonchev–Trinajstić information content (AvgIpc) is 2.59. The number of ether oxygens (including phenoxy) is 2. The summed E-state index contributed by atoms with van der Waals surface area (Å²) in [6, 6.07) is 10.3. The van der Waals surface area contributed by atoms with Crippen molar-refractivity contribution in [3.63, 3.8) is 0 Å². The van der Waals surface area contributed by atoms with Gasteiger partial charge in [-0.2, -0.15) is 0 Å². The fourth-order valence-electron chi connectivity index (χ4n) is 2.16. The molecule has 0 saturated heterocycles. The second-order valence-electron chi connectivity index (χ2n) is 4.99. The molecule has 2 atom stereocenters. The number of hydrogen-bond donors (Lipinski definition) is 2. The van der Waals surface area contributed by atoms with E-state index >= 15 is 0 Å². The molecule has 0 saturated carbocycles. The van der Waals surface area contributed by atoms with E-state index in [1.807, 2.05) is 6.07 Å². The Balaban J connectivity index is 1.62. The van der Waals surface area contributed by atoms with Crippen LogP contribution < -0.4 is 20.3 Å². The number of carbonyl (C=O) groups is 2. The highest BCUT2D eigenvalue weighted by Gasteiger charge is 2.34. The lowest BCUT2D eigenvalue weighted by Gasteiger charge is -2.30. The Bertz CT molecular complexity index is 720. The molecule has 7 heteroatoms. The van der Waals surface area contributed by atoms with Gasteiger partial charge in [0, 0.05) is 12.4 Å². The summed E-state index contributed by atoms with van der Waals surface area (Å²) in [6.07, 6.45) is 1.61. The van der Waals surface area contributed by atoms with Gasteiger partial charge < -0.3 is 9.47 Å². The number of carbonyl (C=O) groups excluding carboxylic acids is 2. The van der Waals surface area contributed by atoms with Gasteiger partial charge in [-0.3, -0.25) is 25.4 Å². The molecule has 23 heavy (non-hydrogen) atoms. The minimum atomic E-state index is -0.862. The van der Waals surface area contributed by atoms with Crippen molar-refractivity contribution < 1.29 is 19.1 Å². The standard InChI is InChI=1S/C16H15N3O4/c1-10-14(23-13-7-3-2-6-12(13)22-10)16(21)19-18-15(20)11-5-4-8-17-9-11/h2-10,14H,1H3,(H,18,20)(H,19,21). The van der Waals surface area contributed by atoms with Crippen molar-refractivity contribution in [3.05, 3.63) is 54.4 Å². The monoisotopic (exact) mass is 313 g/mol. The van der Waals surface area contributed by atoms with E-state index in [-0.39, 0.29) is 0 Å². The number of fused-ring (bicyclic) bond motifs is 1. The van der Waals surface area contributed by atoms with Crippen molar-refractivity contribution in [1.29, 1.82) is 0 Å². The van der Waals surface area contributed by atoms with Crippen molar-refractivity contribution in [2.45, 2.75) is 19.1 Å². The van der Waals surface area contributed by atoms with Gasteiger partial charge in [-0.1, -0.05) is 12.1 Å². The van der Waals surface area contributed by atoms with Crippen molar-refractivity contribution in [3.8, 4) is 11.5 Å². The third-order valence-electron chi connectivity index (χ3n) is 3.32. The van der Waals surface area contributed by atoms with Crippen LogP contribution in [0, 0.1) is 0 Å². The lowest BCUT2D eigenvalue weighted by atomic mass is 10.1. The first-order valence-corrected chi connectivity index (χ1v) is 7.08. The van der Waals surface area contributed by atoms with Crippen molar-refractivity contribution in [2.24, 2.45) is 0 Å². The van der Waals surface area contributed by atoms with Crippen LogP contribution in [0.5, 0.6) is 11.5 Å². The number of aromatic nitrogens is 1. The predicted molar refractivity (Wildman–Crippen MR) is 80.8 cm³/mol. The van der Waals surface area contributed by atoms with E-state index in [1.165, 1.54) is 6.20 Å². The minimum Gasteiger partial charge on any atom is -0.482 e. The quantitative estimate of drug-likeness (QED) is 0.810. The molecule has 0 radical (unpaired) electrons. The first-order valence-electron chi connectivity index (χ1n) is 7.08. The van der Waals surface area contributed by atoms with Gasteiger partial charge in [0.05, 0.1) is 5.56 Å². The van der Waals surface area contributed by atoms with Gasteiger partial charge in [0.15, 0.2) is 11.5 Å². The fraction of sp³-hybridized carbons (Fsp3) is 0.188. The molecule has 2 unspecified atom stereocenters. The summed E-state index contributed by atoms with van der Waals surface area (Å²) in [6.45, 7) is 1.73. The third-order valence-corrected chi connectivity index (χ3v) is 3.32. The zero-order valence-corrected chi connectivity index (χ0v) is 12.4. The van der Waals surface area contributed by atoms with Crippen LogP contribution in [0.2, 0.25) is 0 Å². The highest BCUT2D eigenvalue weighted by atomic mass is 16.6. The number of amides is 2. The van der Waals surface area contributed by atoms with E-state index in [9.17, 15) is 9.59 Å². The van der Waals surface area contributed by atoms with Crippen LogP contribution in [-0.2, 0) is 4.79 Å². The first kappa shape index (κ1) is 14.8. The van der Waals surface area contributed by atoms with Gasteiger partial charge in [-0.15, -0.1) is 0 Å². The highest BCUT2D eigenvalue weighted by molar-refractivity contribution is 5.95. The first-order chi connectivity index (χ1) is 11.1. The second kappa shape index (κ2) is 6.35. The van der Waals surface area contributed by atoms with Crippen LogP contribution in [0.25, 0.3) is 0 Å². The molecular weight excluding hydrogens is 298 g/mol. The Morgan fingerprint density at radius 3 is 2.48 bits per heavy atom. The van der Waals surface area contributed by atoms with E-state index in [0.717, 1.165) is 0 Å². The van der Waals surface area contributed by atoms with Gasteiger partial charge in [0.1, 0.15) is 6.10 Å². The number of hydrogen-bond acceptors (Lipinski definition) is 5. The summed E-state index contributed by atoms with van der Waals surface area (Å²) in [4.78, 5) is 27.9. The SMILES string of the molecule is CC1Oc2ccccc2OC1C(=O)NNC(=O)c1cccnc1. The van der Waals surface area contributed by atoms with Gasteiger partial charge >= 0.3 is 0 Å². The zero-order chi connectivity index (χ0) is 16.2. The summed E-state index contributed by atoms with van der Waals surface area (Å²) in [5, 5.41) is 0. The number of benzene rings is 1. The molecule has 2 aromatic rings. The van der Waals surface area contributed by atoms with Crippen LogP contribution in [0.3, 0.4) is 0 Å². The number of rotatable bonds is 2. The average molecular weight is 313 g/mol. The van der Waals surface area contributed by atoms with E-state index in [1.54, 1.807) is 43.5 Å². The lowest BCUT2D eigenvalue weighted by Crippen LogP contribution is -2.53. The smallest absolute Gasteiger partial charge is 0.283 e. The number of para-hydroxylation sites is 2. The number of nitrogens with zero attached hydrogens (tertiary/aromatic N) is 1. The molecule has 2 heterocycles. The summed E-state index contributed by atoms with van der Waals surface area (Å²) < 4.78 is 11.3. The minimum absolute atomic E-state index is 0.340. The Hall–Kier alpha value is -3.09. The number of pyridine rings is 1. The molecule has 0 spiro atoms. The van der Waals surface area contributed by atoms with Gasteiger partial charge in [0.25, 0.3) is 11.8 Å². The third kappa shape index (κ3) is 3.23. The molecule has 0 bridgehead atoms. The van der Waals surface area contributed by atoms with Gasteiger partial charge in [-0.25, -0.2) is 0 Å². The summed E-state index contributed by atoms with van der Waals surface area (Å²) in [5.74, 6) is 0.119. The Morgan fingerprint density at radius 1 is 1.04 bits per heavy atom. The Labute approximate surface area is 132 Å². The second-order valence-corrected chi connectivity index (χ2v) is 4.99. The van der Waals surface area contributed by atoms with Crippen molar-refractivity contribution in [2.75, 3.05) is 0 Å². The van der Waals surface area contributed by atoms with Crippen molar-refractivity contribution >= 4 is 11.8 Å². The van der Waals surface area contributed by atoms with E-state index in [4.69, 9.17) is 9.47 Å². The maximum atomic E-state index is 12.2. The summed E-state index contributed by atoms with van der Waals surface area (Å²) in [5.41, 5.74) is 5.01. The molecule has 1 aromatic carbocycles. The van der Waals surface area contributed by atoms with Gasteiger partial charge in [-0.05, 0) is 31.2 Å². The largest absolute Gasteiger partial charge is 0.482 e. The number of hydrazine groups is 1. The maximum absolute atomic E-state index is 12.2. The Morgan fingerprint density at radius 2 is 1.78 bits per heavy atom. The van der Waals surface area contributed by atoms with Crippen LogP contribution >= 0.6 is 0 Å². The molecule has 2 amide bonds. The van der Waals surface area contributed by atoms with Crippen LogP contribution in [0.1, 0.15) is 17.3 Å². The summed E-state index contributed by atoms with van der Waals surface area (Å²) in [7, 11) is 0. The van der Waals surface area contributed by atoms with Gasteiger partial charge in [0.2, 0.25) is 6.10 Å². The molecule has 0 aliphatic carbocycles. The fourth-order valence-corrected chi connectivity index (χ4v) is 2.16. The van der Waals surface area contributed by atoms with Crippen LogP contribution in [0.15, 0.2) is 48.8 Å². The molecule has 1 aliphatic rings. The molecule has 118 valence electrons. The molecule has 1 aromatic heterocycles. The maximum Gasteiger partial charge on any atom is 0.283 e. The van der Waals surface area contributed by atoms with Crippen LogP contribution in [-0.4, -0.2) is 29.0 Å². The highest BCUT2D eigenvalue weighted by Crippen LogP contribution is 2.33. The zero-order valence-electron chi connectivity index (χ0n) is 12.4. The van der Waals surface area contributed by atoms with E-state index in [2.05, 4.69) is 15.8 Å². The Kier molecular flexibility index (Phi) is 4.09. The molecular formula is C16H15N3O4. The van der Waals surface area contributed by atoms with E-state index in [0.29, 0.717) is 17.1 Å².